The molecule has 1 amide bonds. The van der Waals surface area contributed by atoms with E-state index in [1.54, 1.807) is 12.1 Å². The number of amides is 1. The van der Waals surface area contributed by atoms with E-state index in [0.717, 1.165) is 64.0 Å². The summed E-state index contributed by atoms with van der Waals surface area (Å²) in [7, 11) is 0. The van der Waals surface area contributed by atoms with Gasteiger partial charge in [-0.1, -0.05) is 19.3 Å². The first kappa shape index (κ1) is 17.6. The Morgan fingerprint density at radius 1 is 1.12 bits per heavy atom. The summed E-state index contributed by atoms with van der Waals surface area (Å²) in [5.41, 5.74) is 0.441. The van der Waals surface area contributed by atoms with Crippen LogP contribution in [0.25, 0.3) is 0 Å². The lowest BCUT2D eigenvalue weighted by molar-refractivity contribution is -0.124. The number of piperazine rings is 1. The van der Waals surface area contributed by atoms with Crippen molar-refractivity contribution in [1.29, 1.82) is 5.26 Å². The van der Waals surface area contributed by atoms with Gasteiger partial charge in [-0.05, 0) is 37.1 Å². The number of hydrogen-bond acceptors (Lipinski definition) is 5. The number of phenolic OH excluding ortho intramolecular Hbond substituents is 1. The van der Waals surface area contributed by atoms with Gasteiger partial charge in [0.15, 0.2) is 0 Å². The lowest BCUT2D eigenvalue weighted by atomic mass is 9.83. The number of nitrogens with one attached hydrogen (secondary N) is 1. The number of benzene rings is 1. The molecule has 134 valence electrons. The van der Waals surface area contributed by atoms with Crippen LogP contribution in [0.2, 0.25) is 0 Å². The molecule has 1 aromatic carbocycles. The van der Waals surface area contributed by atoms with Crippen molar-refractivity contribution in [1.82, 2.24) is 10.2 Å². The van der Waals surface area contributed by atoms with E-state index in [0.29, 0.717) is 6.54 Å². The van der Waals surface area contributed by atoms with Gasteiger partial charge in [-0.3, -0.25) is 9.69 Å². The molecule has 2 fully saturated rings. The highest BCUT2D eigenvalue weighted by Gasteiger charge is 2.34. The van der Waals surface area contributed by atoms with Crippen molar-refractivity contribution in [2.45, 2.75) is 37.6 Å². The van der Waals surface area contributed by atoms with Gasteiger partial charge >= 0.3 is 0 Å². The van der Waals surface area contributed by atoms with E-state index in [2.05, 4.69) is 21.2 Å². The highest BCUT2D eigenvalue weighted by Crippen LogP contribution is 2.27. The molecule has 6 heteroatoms. The zero-order valence-electron chi connectivity index (χ0n) is 14.6. The second-order valence-corrected chi connectivity index (χ2v) is 7.08. The van der Waals surface area contributed by atoms with E-state index in [4.69, 9.17) is 0 Å². The predicted octanol–water partition coefficient (Wildman–Crippen LogP) is 1.86. The summed E-state index contributed by atoms with van der Waals surface area (Å²) >= 11 is 0. The van der Waals surface area contributed by atoms with Gasteiger partial charge in [0, 0.05) is 31.9 Å². The summed E-state index contributed by atoms with van der Waals surface area (Å²) in [5, 5.41) is 21.8. The zero-order chi connectivity index (χ0) is 17.7. The van der Waals surface area contributed by atoms with E-state index in [9.17, 15) is 15.2 Å². The topological polar surface area (TPSA) is 79.6 Å². The highest BCUT2D eigenvalue weighted by atomic mass is 16.3. The van der Waals surface area contributed by atoms with Crippen LogP contribution < -0.4 is 10.2 Å². The number of rotatable bonds is 4. The molecule has 1 heterocycles. The minimum atomic E-state index is -0.650. The number of anilines is 1. The van der Waals surface area contributed by atoms with Gasteiger partial charge in [-0.25, -0.2) is 0 Å². The molecule has 0 unspecified atom stereocenters. The van der Waals surface area contributed by atoms with E-state index in [-0.39, 0.29) is 11.7 Å². The fourth-order valence-corrected chi connectivity index (χ4v) is 3.76. The largest absolute Gasteiger partial charge is 0.508 e. The maximum atomic E-state index is 12.4. The molecule has 0 atom stereocenters. The third-order valence-corrected chi connectivity index (χ3v) is 5.25. The van der Waals surface area contributed by atoms with Crippen molar-refractivity contribution in [3.8, 4) is 11.8 Å². The van der Waals surface area contributed by atoms with Gasteiger partial charge in [0.05, 0.1) is 12.6 Å². The molecule has 1 saturated carbocycles. The Hall–Kier alpha value is -2.26. The third-order valence-electron chi connectivity index (χ3n) is 5.25. The van der Waals surface area contributed by atoms with Gasteiger partial charge in [-0.15, -0.1) is 0 Å². The molecule has 25 heavy (non-hydrogen) atoms. The molecule has 0 bridgehead atoms. The van der Waals surface area contributed by atoms with Gasteiger partial charge in [0.1, 0.15) is 11.3 Å². The van der Waals surface area contributed by atoms with E-state index >= 15 is 0 Å². The maximum absolute atomic E-state index is 12.4. The van der Waals surface area contributed by atoms with E-state index in [1.165, 1.54) is 0 Å². The first-order valence-electron chi connectivity index (χ1n) is 9.09. The van der Waals surface area contributed by atoms with E-state index < -0.39 is 5.54 Å². The van der Waals surface area contributed by atoms with Crippen LogP contribution in [0.3, 0.4) is 0 Å². The molecule has 0 spiro atoms. The molecule has 6 nitrogen and oxygen atoms in total. The Kier molecular flexibility index (Phi) is 5.44. The molecule has 0 aromatic heterocycles. The Morgan fingerprint density at radius 2 is 1.76 bits per heavy atom. The third kappa shape index (κ3) is 4.43. The van der Waals surface area contributed by atoms with Crippen LogP contribution in [0, 0.1) is 11.3 Å². The van der Waals surface area contributed by atoms with Crippen molar-refractivity contribution in [2.75, 3.05) is 37.6 Å². The second kappa shape index (κ2) is 7.75. The monoisotopic (exact) mass is 342 g/mol. The Morgan fingerprint density at radius 3 is 2.36 bits per heavy atom. The Bertz CT molecular complexity index is 624. The fourth-order valence-electron chi connectivity index (χ4n) is 3.76. The minimum Gasteiger partial charge on any atom is -0.508 e. The minimum absolute atomic E-state index is 0.0402. The van der Waals surface area contributed by atoms with Gasteiger partial charge < -0.3 is 15.3 Å². The van der Waals surface area contributed by atoms with Crippen LogP contribution >= 0.6 is 0 Å². The second-order valence-electron chi connectivity index (χ2n) is 7.08. The van der Waals surface area contributed by atoms with Crippen LogP contribution in [0.15, 0.2) is 24.3 Å². The number of nitriles is 1. The summed E-state index contributed by atoms with van der Waals surface area (Å²) < 4.78 is 0. The van der Waals surface area contributed by atoms with Crippen molar-refractivity contribution in [3.63, 3.8) is 0 Å². The van der Waals surface area contributed by atoms with Crippen molar-refractivity contribution >= 4 is 11.6 Å². The number of phenols is 1. The Labute approximate surface area is 149 Å². The van der Waals surface area contributed by atoms with Gasteiger partial charge in [0.25, 0.3) is 0 Å². The summed E-state index contributed by atoms with van der Waals surface area (Å²) in [6, 6.07) is 9.56. The molecule has 0 radical (unpaired) electrons. The summed E-state index contributed by atoms with van der Waals surface area (Å²) in [6.07, 6.45) is 4.71. The molecule has 1 aliphatic heterocycles. The molecule has 1 aliphatic carbocycles. The lowest BCUT2D eigenvalue weighted by Crippen LogP contribution is -2.54. The summed E-state index contributed by atoms with van der Waals surface area (Å²) in [6.45, 7) is 3.68. The van der Waals surface area contributed by atoms with Crippen molar-refractivity contribution in [2.24, 2.45) is 0 Å². The molecule has 1 aromatic rings. The summed E-state index contributed by atoms with van der Waals surface area (Å²) in [5.74, 6) is 0.231. The SMILES string of the molecule is N#CC1(NC(=O)CN2CCN(c3ccc(O)cc3)CC2)CCCCC1. The number of nitrogens with zero attached hydrogens (tertiary/aromatic N) is 3. The van der Waals surface area contributed by atoms with Crippen LogP contribution in [0.5, 0.6) is 5.75 Å². The molecule has 1 saturated heterocycles. The predicted molar refractivity (Wildman–Crippen MR) is 96.3 cm³/mol. The van der Waals surface area contributed by atoms with E-state index in [1.807, 2.05) is 12.1 Å². The van der Waals surface area contributed by atoms with Crippen LogP contribution in [-0.4, -0.2) is 54.2 Å². The summed E-state index contributed by atoms with van der Waals surface area (Å²) in [4.78, 5) is 16.8. The quantitative estimate of drug-likeness (QED) is 0.873. The van der Waals surface area contributed by atoms with Crippen LogP contribution in [0.4, 0.5) is 5.69 Å². The highest BCUT2D eigenvalue weighted by molar-refractivity contribution is 5.79. The smallest absolute Gasteiger partial charge is 0.235 e. The Balaban J connectivity index is 1.47. The van der Waals surface area contributed by atoms with Crippen molar-refractivity contribution in [3.05, 3.63) is 24.3 Å². The molecular formula is C19H26N4O2. The average molecular weight is 342 g/mol. The normalized spacial score (nSPS) is 20.7. The number of aromatic hydroxyl groups is 1. The number of carbonyl (C=O) groups is 1. The first-order valence-corrected chi connectivity index (χ1v) is 9.09. The van der Waals surface area contributed by atoms with Crippen LogP contribution in [-0.2, 0) is 4.79 Å². The zero-order valence-corrected chi connectivity index (χ0v) is 14.6. The average Bonchev–Trinajstić information content (AvgIpc) is 2.64. The lowest BCUT2D eigenvalue weighted by Gasteiger charge is -2.37. The number of hydrogen-bond donors (Lipinski definition) is 2. The maximum Gasteiger partial charge on any atom is 0.235 e. The first-order chi connectivity index (χ1) is 12.1. The number of carbonyl (C=O) groups excluding carboxylic acids is 1. The molecule has 3 rings (SSSR count). The van der Waals surface area contributed by atoms with Gasteiger partial charge in [-0.2, -0.15) is 5.26 Å². The van der Waals surface area contributed by atoms with Crippen LogP contribution in [0.1, 0.15) is 32.1 Å². The van der Waals surface area contributed by atoms with Gasteiger partial charge in [0.2, 0.25) is 5.91 Å². The molecular weight excluding hydrogens is 316 g/mol. The molecule has 2 N–H and O–H groups in total. The van der Waals surface area contributed by atoms with Crippen molar-refractivity contribution < 1.29 is 9.90 Å². The fraction of sp³-hybridized carbons (Fsp3) is 0.579. The standard InChI is InChI=1S/C19H26N4O2/c20-15-19(8-2-1-3-9-19)21-18(25)14-22-10-12-23(13-11-22)16-4-6-17(24)7-5-16/h4-7,24H,1-3,8-14H2,(H,21,25). The molecule has 2 aliphatic rings.